The average molecular weight is 647 g/mol. The van der Waals surface area contributed by atoms with Gasteiger partial charge in [-0.15, -0.1) is 0 Å². The third-order valence-corrected chi connectivity index (χ3v) is 11.9. The van der Waals surface area contributed by atoms with Crippen molar-refractivity contribution in [2.45, 2.75) is 44.9 Å². The Labute approximate surface area is 294 Å². The van der Waals surface area contributed by atoms with Gasteiger partial charge in [-0.1, -0.05) is 110 Å². The lowest BCUT2D eigenvalue weighted by atomic mass is 9.88. The van der Waals surface area contributed by atoms with Crippen molar-refractivity contribution in [1.29, 1.82) is 0 Å². The number of hydrogen-bond donors (Lipinski definition) is 0. The number of fused-ring (bicyclic) bond motifs is 8. The van der Waals surface area contributed by atoms with Gasteiger partial charge in [-0.25, -0.2) is 0 Å². The standard InChI is InChI=1S/C48H42N2/c1(3-11-37-30-34-18-20-38(37)31-34)2-10-33-19-29-48-44(32-33)43-14-6-9-17-47(43)50(48)40-27-23-36(24-28-40)35-21-25-39(26-22-35)49-45-15-7-4-12-41(45)42-13-5-8-16-46(42)49/h4-9,12-29,32,34,37-38H,1-3,10-11,30-31H2. The summed E-state index contributed by atoms with van der Waals surface area (Å²) in [5, 5.41) is 5.27. The second-order valence-electron chi connectivity index (χ2n) is 14.8. The van der Waals surface area contributed by atoms with Gasteiger partial charge in [0, 0.05) is 32.9 Å². The minimum Gasteiger partial charge on any atom is -0.309 e. The van der Waals surface area contributed by atoms with Crippen LogP contribution in [-0.4, -0.2) is 9.13 Å². The van der Waals surface area contributed by atoms with E-state index in [0.717, 1.165) is 24.2 Å². The van der Waals surface area contributed by atoms with E-state index < -0.39 is 0 Å². The zero-order valence-electron chi connectivity index (χ0n) is 28.5. The molecular weight excluding hydrogens is 605 g/mol. The Bertz CT molecular complexity index is 2470. The predicted molar refractivity (Wildman–Crippen MR) is 212 cm³/mol. The summed E-state index contributed by atoms with van der Waals surface area (Å²) in [7, 11) is 0. The van der Waals surface area contributed by atoms with Crippen LogP contribution >= 0.6 is 0 Å². The first-order valence-corrected chi connectivity index (χ1v) is 18.7. The van der Waals surface area contributed by atoms with Gasteiger partial charge in [0.1, 0.15) is 0 Å². The van der Waals surface area contributed by atoms with Crippen LogP contribution in [0, 0.1) is 17.8 Å². The van der Waals surface area contributed by atoms with E-state index in [1.54, 1.807) is 0 Å². The summed E-state index contributed by atoms with van der Waals surface area (Å²) in [6, 6.07) is 51.6. The van der Waals surface area contributed by atoms with Crippen LogP contribution in [0.2, 0.25) is 0 Å². The maximum atomic E-state index is 2.51. The summed E-state index contributed by atoms with van der Waals surface area (Å²) < 4.78 is 4.82. The van der Waals surface area contributed by atoms with Crippen LogP contribution in [-0.2, 0) is 6.42 Å². The van der Waals surface area contributed by atoms with Crippen molar-refractivity contribution in [1.82, 2.24) is 9.13 Å². The quantitative estimate of drug-likeness (QED) is 0.109. The normalized spacial score (nSPS) is 18.4. The molecule has 2 aliphatic carbocycles. The van der Waals surface area contributed by atoms with E-state index in [-0.39, 0.29) is 0 Å². The van der Waals surface area contributed by atoms with Crippen molar-refractivity contribution in [3.63, 3.8) is 0 Å². The maximum absolute atomic E-state index is 2.51. The predicted octanol–water partition coefficient (Wildman–Crippen LogP) is 12.9. The number of benzene rings is 6. The van der Waals surface area contributed by atoms with E-state index in [1.807, 2.05) is 0 Å². The fourth-order valence-electron chi connectivity index (χ4n) is 9.40. The van der Waals surface area contributed by atoms with Gasteiger partial charge in [0.05, 0.1) is 22.1 Å². The fourth-order valence-corrected chi connectivity index (χ4v) is 9.40. The van der Waals surface area contributed by atoms with Crippen LogP contribution in [0.15, 0.2) is 152 Å². The molecule has 0 radical (unpaired) electrons. The molecule has 0 amide bonds. The highest BCUT2D eigenvalue weighted by molar-refractivity contribution is 6.10. The number of hydrogen-bond acceptors (Lipinski definition) is 0. The lowest BCUT2D eigenvalue weighted by molar-refractivity contribution is 0.396. The first-order valence-electron chi connectivity index (χ1n) is 18.7. The van der Waals surface area contributed by atoms with Crippen molar-refractivity contribution < 1.29 is 0 Å². The van der Waals surface area contributed by atoms with Crippen molar-refractivity contribution in [3.05, 3.63) is 157 Å². The summed E-state index contributed by atoms with van der Waals surface area (Å²) >= 11 is 0. The van der Waals surface area contributed by atoms with Crippen LogP contribution < -0.4 is 0 Å². The Hall–Kier alpha value is -5.34. The van der Waals surface area contributed by atoms with Crippen molar-refractivity contribution in [2.24, 2.45) is 17.8 Å². The monoisotopic (exact) mass is 646 g/mol. The topological polar surface area (TPSA) is 9.86 Å². The molecule has 2 nitrogen and oxygen atoms in total. The fraction of sp³-hybridized carbons (Fsp3) is 0.208. The molecule has 10 rings (SSSR count). The Morgan fingerprint density at radius 2 is 1.00 bits per heavy atom. The summed E-state index contributed by atoms with van der Waals surface area (Å²) in [6.45, 7) is 0. The minimum atomic E-state index is 0.889. The van der Waals surface area contributed by atoms with Gasteiger partial charge in [0.15, 0.2) is 0 Å². The van der Waals surface area contributed by atoms with Gasteiger partial charge in [0.2, 0.25) is 0 Å². The van der Waals surface area contributed by atoms with Crippen LogP contribution in [0.1, 0.15) is 44.1 Å². The average Bonchev–Trinajstić information content (AvgIpc) is 3.95. The second kappa shape index (κ2) is 12.2. The molecular formula is C48H42N2. The summed E-state index contributed by atoms with van der Waals surface area (Å²) in [5.74, 6) is 2.74. The zero-order chi connectivity index (χ0) is 33.0. The molecule has 2 heteroatoms. The Morgan fingerprint density at radius 3 is 1.54 bits per heavy atom. The lowest BCUT2D eigenvalue weighted by Crippen LogP contribution is -2.06. The SMILES string of the molecule is C1=CC2CC1CC2CCCCCc1ccc2c(c1)c1ccccc1n2-c1ccc(-c2ccc(-n3c4ccccc4c4ccccc43)cc2)cc1. The molecule has 244 valence electrons. The summed E-state index contributed by atoms with van der Waals surface area (Å²) in [4.78, 5) is 0. The van der Waals surface area contributed by atoms with Crippen LogP contribution in [0.25, 0.3) is 66.1 Å². The van der Waals surface area contributed by atoms with E-state index >= 15 is 0 Å². The van der Waals surface area contributed by atoms with Crippen LogP contribution in [0.3, 0.4) is 0 Å². The highest BCUT2D eigenvalue weighted by atomic mass is 15.0. The molecule has 2 heterocycles. The molecule has 50 heavy (non-hydrogen) atoms. The Balaban J connectivity index is 0.892. The second-order valence-corrected chi connectivity index (χ2v) is 14.8. The summed E-state index contributed by atoms with van der Waals surface area (Å²) in [6.07, 6.45) is 14.4. The third kappa shape index (κ3) is 5.00. The number of aryl methyl sites for hydroxylation is 1. The largest absolute Gasteiger partial charge is 0.309 e. The van der Waals surface area contributed by atoms with Gasteiger partial charge >= 0.3 is 0 Å². The number of para-hydroxylation sites is 3. The number of nitrogens with zero attached hydrogens (tertiary/aromatic N) is 2. The van der Waals surface area contributed by atoms with Crippen molar-refractivity contribution in [2.75, 3.05) is 0 Å². The minimum absolute atomic E-state index is 0.889. The molecule has 1 fully saturated rings. The van der Waals surface area contributed by atoms with Crippen molar-refractivity contribution >= 4 is 43.6 Å². The number of aromatic nitrogens is 2. The molecule has 3 atom stereocenters. The van der Waals surface area contributed by atoms with Crippen LogP contribution in [0.5, 0.6) is 0 Å². The number of unbranched alkanes of at least 4 members (excludes halogenated alkanes) is 2. The molecule has 2 aromatic heterocycles. The summed E-state index contributed by atoms with van der Waals surface area (Å²) in [5.41, 5.74) is 11.3. The first kappa shape index (κ1) is 29.6. The number of allylic oxidation sites excluding steroid dienone is 2. The van der Waals surface area contributed by atoms with Crippen LogP contribution in [0.4, 0.5) is 0 Å². The Morgan fingerprint density at radius 1 is 0.460 bits per heavy atom. The van der Waals surface area contributed by atoms with Crippen molar-refractivity contribution in [3.8, 4) is 22.5 Å². The van der Waals surface area contributed by atoms with Gasteiger partial charge < -0.3 is 9.13 Å². The molecule has 6 aromatic carbocycles. The van der Waals surface area contributed by atoms with Gasteiger partial charge in [-0.3, -0.25) is 0 Å². The molecule has 0 spiro atoms. The molecule has 3 unspecified atom stereocenters. The van der Waals surface area contributed by atoms with Gasteiger partial charge in [-0.05, 0) is 121 Å². The molecule has 8 aromatic rings. The molecule has 0 aliphatic heterocycles. The lowest BCUT2D eigenvalue weighted by Gasteiger charge is -2.17. The smallest absolute Gasteiger partial charge is 0.0541 e. The van der Waals surface area contributed by atoms with E-state index in [1.165, 1.54) is 110 Å². The first-order chi connectivity index (χ1) is 24.8. The zero-order valence-corrected chi connectivity index (χ0v) is 28.5. The number of rotatable bonds is 9. The third-order valence-electron chi connectivity index (χ3n) is 11.9. The Kier molecular flexibility index (Phi) is 7.22. The van der Waals surface area contributed by atoms with E-state index in [9.17, 15) is 0 Å². The van der Waals surface area contributed by atoms with E-state index in [0.29, 0.717) is 0 Å². The molecule has 2 aliphatic rings. The van der Waals surface area contributed by atoms with Gasteiger partial charge in [0.25, 0.3) is 0 Å². The van der Waals surface area contributed by atoms with E-state index in [2.05, 4.69) is 161 Å². The highest BCUT2D eigenvalue weighted by Crippen LogP contribution is 2.45. The van der Waals surface area contributed by atoms with Gasteiger partial charge in [-0.2, -0.15) is 0 Å². The molecule has 2 bridgehead atoms. The molecule has 1 saturated carbocycles. The highest BCUT2D eigenvalue weighted by Gasteiger charge is 2.34. The molecule has 0 saturated heterocycles. The maximum Gasteiger partial charge on any atom is 0.0541 e. The van der Waals surface area contributed by atoms with E-state index in [4.69, 9.17) is 0 Å². The molecule has 0 N–H and O–H groups in total.